The van der Waals surface area contributed by atoms with E-state index in [1.165, 1.54) is 15.6 Å². The van der Waals surface area contributed by atoms with E-state index < -0.39 is 10.0 Å². The third kappa shape index (κ3) is 4.15. The van der Waals surface area contributed by atoms with E-state index in [1.54, 1.807) is 41.8 Å². The van der Waals surface area contributed by atoms with Crippen LogP contribution >= 0.6 is 11.3 Å². The Bertz CT molecular complexity index is 1130. The Morgan fingerprint density at radius 1 is 1.07 bits per heavy atom. The van der Waals surface area contributed by atoms with Gasteiger partial charge in [0.2, 0.25) is 0 Å². The zero-order valence-corrected chi connectivity index (χ0v) is 17.8. The number of hydrogen-bond acceptors (Lipinski definition) is 6. The molecule has 0 radical (unpaired) electrons. The lowest BCUT2D eigenvalue weighted by atomic mass is 10.2. The molecule has 2 heterocycles. The second-order valence-electron chi connectivity index (χ2n) is 6.48. The number of rotatable bonds is 8. The summed E-state index contributed by atoms with van der Waals surface area (Å²) in [4.78, 5) is 0. The highest BCUT2D eigenvalue weighted by atomic mass is 32.2. The van der Waals surface area contributed by atoms with E-state index in [0.29, 0.717) is 42.8 Å². The fraction of sp³-hybridized carbons (Fsp3) is 0.182. The molecule has 0 unspecified atom stereocenters. The molecule has 1 aromatic heterocycles. The molecule has 3 aromatic rings. The van der Waals surface area contributed by atoms with Crippen LogP contribution < -0.4 is 18.5 Å². The number of thiophene rings is 1. The van der Waals surface area contributed by atoms with Gasteiger partial charge in [-0.25, -0.2) is 8.42 Å². The second kappa shape index (κ2) is 8.81. The molecule has 0 saturated carbocycles. The molecule has 2 aromatic carbocycles. The van der Waals surface area contributed by atoms with Gasteiger partial charge in [0.25, 0.3) is 10.0 Å². The molecular weight excluding hydrogens is 422 g/mol. The monoisotopic (exact) mass is 443 g/mol. The summed E-state index contributed by atoms with van der Waals surface area (Å²) < 4.78 is 45.6. The summed E-state index contributed by atoms with van der Waals surface area (Å²) in [6, 6.07) is 15.9. The van der Waals surface area contributed by atoms with Gasteiger partial charge in [0.15, 0.2) is 11.5 Å². The minimum absolute atomic E-state index is 0.104. The zero-order valence-electron chi connectivity index (χ0n) is 16.2. The van der Waals surface area contributed by atoms with Crippen LogP contribution in [0.15, 0.2) is 76.8 Å². The number of nitrogens with zero attached hydrogens (tertiary/aromatic N) is 1. The lowest BCUT2D eigenvalue weighted by Crippen LogP contribution is -2.30. The van der Waals surface area contributed by atoms with E-state index in [9.17, 15) is 8.42 Å². The Morgan fingerprint density at radius 3 is 2.63 bits per heavy atom. The molecule has 0 spiro atoms. The molecule has 0 atom stereocenters. The lowest BCUT2D eigenvalue weighted by Gasteiger charge is -2.26. The van der Waals surface area contributed by atoms with Crippen molar-refractivity contribution in [3.8, 4) is 17.2 Å². The van der Waals surface area contributed by atoms with E-state index in [-0.39, 0.29) is 10.8 Å². The SMILES string of the molecule is C=CCOc1ccccc1CN(c1ccc2c(c1)OCCO2)S(=O)(=O)c1cccs1. The quantitative estimate of drug-likeness (QED) is 0.480. The Hall–Kier alpha value is -2.97. The summed E-state index contributed by atoms with van der Waals surface area (Å²) in [6.45, 7) is 5.00. The lowest BCUT2D eigenvalue weighted by molar-refractivity contribution is 0.171. The molecule has 0 N–H and O–H groups in total. The summed E-state index contributed by atoms with van der Waals surface area (Å²) in [5, 5.41) is 1.75. The minimum atomic E-state index is -3.79. The van der Waals surface area contributed by atoms with Crippen LogP contribution in [0.4, 0.5) is 5.69 Å². The van der Waals surface area contributed by atoms with Crippen molar-refractivity contribution in [1.82, 2.24) is 0 Å². The van der Waals surface area contributed by atoms with Crippen molar-refractivity contribution in [1.29, 1.82) is 0 Å². The van der Waals surface area contributed by atoms with Crippen LogP contribution in [0.3, 0.4) is 0 Å². The molecule has 156 valence electrons. The molecule has 6 nitrogen and oxygen atoms in total. The van der Waals surface area contributed by atoms with Crippen molar-refractivity contribution in [2.75, 3.05) is 24.1 Å². The van der Waals surface area contributed by atoms with E-state index in [0.717, 1.165) is 5.56 Å². The summed E-state index contributed by atoms with van der Waals surface area (Å²) in [6.07, 6.45) is 1.65. The van der Waals surface area contributed by atoms with Gasteiger partial charge in [0, 0.05) is 11.6 Å². The fourth-order valence-electron chi connectivity index (χ4n) is 3.10. The van der Waals surface area contributed by atoms with Crippen molar-refractivity contribution < 1.29 is 22.6 Å². The van der Waals surface area contributed by atoms with Crippen LogP contribution in [0.1, 0.15) is 5.56 Å². The van der Waals surface area contributed by atoms with Crippen molar-refractivity contribution >= 4 is 27.0 Å². The van der Waals surface area contributed by atoms with Crippen molar-refractivity contribution in [3.63, 3.8) is 0 Å². The van der Waals surface area contributed by atoms with Crippen LogP contribution in [0.5, 0.6) is 17.2 Å². The first kappa shape index (κ1) is 20.3. The highest BCUT2D eigenvalue weighted by Crippen LogP contribution is 2.37. The van der Waals surface area contributed by atoms with E-state index in [1.807, 2.05) is 24.3 Å². The van der Waals surface area contributed by atoms with Gasteiger partial charge in [0.05, 0.1) is 12.2 Å². The van der Waals surface area contributed by atoms with Crippen LogP contribution in [-0.2, 0) is 16.6 Å². The molecule has 0 fully saturated rings. The Labute approximate surface area is 180 Å². The maximum atomic E-state index is 13.5. The molecule has 8 heteroatoms. The standard InChI is InChI=1S/C22H21NO5S2/c1-2-11-26-19-7-4-3-6-17(19)16-23(30(24,25)22-8-5-14-29-22)18-9-10-20-21(15-18)28-13-12-27-20/h2-10,14-15H,1,11-13,16H2. The van der Waals surface area contributed by atoms with Crippen LogP contribution in [0.25, 0.3) is 0 Å². The van der Waals surface area contributed by atoms with Gasteiger partial charge in [0.1, 0.15) is 29.8 Å². The third-order valence-corrected chi connectivity index (χ3v) is 7.64. The first-order valence-corrected chi connectivity index (χ1v) is 11.7. The Morgan fingerprint density at radius 2 is 1.87 bits per heavy atom. The number of fused-ring (bicyclic) bond motifs is 1. The summed E-state index contributed by atoms with van der Waals surface area (Å²) in [5.74, 6) is 1.75. The van der Waals surface area contributed by atoms with Crippen molar-refractivity contribution in [2.45, 2.75) is 10.8 Å². The predicted octanol–water partition coefficient (Wildman–Crippen LogP) is 4.48. The minimum Gasteiger partial charge on any atom is -0.489 e. The Kier molecular flexibility index (Phi) is 5.96. The van der Waals surface area contributed by atoms with Gasteiger partial charge >= 0.3 is 0 Å². The summed E-state index contributed by atoms with van der Waals surface area (Å²) in [5.41, 5.74) is 1.24. The number of para-hydroxylation sites is 1. The molecule has 0 saturated heterocycles. The van der Waals surface area contributed by atoms with Gasteiger partial charge < -0.3 is 14.2 Å². The summed E-state index contributed by atoms with van der Waals surface area (Å²) >= 11 is 1.18. The first-order valence-electron chi connectivity index (χ1n) is 9.37. The average molecular weight is 444 g/mol. The van der Waals surface area contributed by atoms with Gasteiger partial charge in [-0.05, 0) is 29.6 Å². The number of ether oxygens (including phenoxy) is 3. The molecular formula is C22H21NO5S2. The number of benzene rings is 2. The van der Waals surface area contributed by atoms with Gasteiger partial charge in [-0.2, -0.15) is 0 Å². The van der Waals surface area contributed by atoms with E-state index in [4.69, 9.17) is 14.2 Å². The topological polar surface area (TPSA) is 65.1 Å². The molecule has 0 bridgehead atoms. The van der Waals surface area contributed by atoms with Crippen LogP contribution in [0, 0.1) is 0 Å². The van der Waals surface area contributed by atoms with Crippen molar-refractivity contribution in [2.24, 2.45) is 0 Å². The second-order valence-corrected chi connectivity index (χ2v) is 9.52. The molecule has 1 aliphatic rings. The van der Waals surface area contributed by atoms with E-state index in [2.05, 4.69) is 6.58 Å². The van der Waals surface area contributed by atoms with Crippen molar-refractivity contribution in [3.05, 3.63) is 78.2 Å². The molecule has 1 aliphatic heterocycles. The summed E-state index contributed by atoms with van der Waals surface area (Å²) in [7, 11) is -3.79. The molecule has 30 heavy (non-hydrogen) atoms. The van der Waals surface area contributed by atoms with Gasteiger partial charge in [-0.1, -0.05) is 36.9 Å². The molecule has 0 aliphatic carbocycles. The predicted molar refractivity (Wildman–Crippen MR) is 117 cm³/mol. The maximum Gasteiger partial charge on any atom is 0.274 e. The largest absolute Gasteiger partial charge is 0.489 e. The number of anilines is 1. The third-order valence-electron chi connectivity index (χ3n) is 4.50. The van der Waals surface area contributed by atoms with Crippen LogP contribution in [-0.4, -0.2) is 28.2 Å². The zero-order chi connectivity index (χ0) is 21.0. The average Bonchev–Trinajstić information content (AvgIpc) is 3.32. The first-order chi connectivity index (χ1) is 14.6. The van der Waals surface area contributed by atoms with Crippen LogP contribution in [0.2, 0.25) is 0 Å². The smallest absolute Gasteiger partial charge is 0.274 e. The van der Waals surface area contributed by atoms with Gasteiger partial charge in [-0.15, -0.1) is 11.3 Å². The molecule has 0 amide bonds. The Balaban J connectivity index is 1.77. The number of hydrogen-bond donors (Lipinski definition) is 0. The highest BCUT2D eigenvalue weighted by molar-refractivity contribution is 7.94. The molecule has 4 rings (SSSR count). The normalized spacial score (nSPS) is 12.9. The number of sulfonamides is 1. The van der Waals surface area contributed by atoms with Gasteiger partial charge in [-0.3, -0.25) is 4.31 Å². The maximum absolute atomic E-state index is 13.5. The van der Waals surface area contributed by atoms with E-state index >= 15 is 0 Å². The highest BCUT2D eigenvalue weighted by Gasteiger charge is 2.28. The fourth-order valence-corrected chi connectivity index (χ4v) is 5.64.